The molecule has 1 aromatic rings. The number of aliphatic carboxylic acids is 1. The summed E-state index contributed by atoms with van der Waals surface area (Å²) in [5.74, 6) is -0.562. The van der Waals surface area contributed by atoms with Gasteiger partial charge < -0.3 is 20.3 Å². The Balaban J connectivity index is 2.67. The van der Waals surface area contributed by atoms with Gasteiger partial charge >= 0.3 is 5.97 Å². The van der Waals surface area contributed by atoms with E-state index in [9.17, 15) is 4.79 Å². The third-order valence-corrected chi connectivity index (χ3v) is 2.36. The summed E-state index contributed by atoms with van der Waals surface area (Å²) in [6.07, 6.45) is -0.451. The topological polar surface area (TPSA) is 78.8 Å². The third-order valence-electron chi connectivity index (χ3n) is 2.13. The van der Waals surface area contributed by atoms with Crippen LogP contribution in [-0.4, -0.2) is 35.4 Å². The minimum absolute atomic E-state index is 0.398. The van der Waals surface area contributed by atoms with Gasteiger partial charge in [-0.1, -0.05) is 11.6 Å². The maximum atomic E-state index is 10.5. The first-order valence-electron chi connectivity index (χ1n) is 5.51. The van der Waals surface area contributed by atoms with Crippen molar-refractivity contribution in [3.8, 4) is 5.75 Å². The van der Waals surface area contributed by atoms with Crippen molar-refractivity contribution in [1.82, 2.24) is 5.32 Å². The van der Waals surface area contributed by atoms with Crippen LogP contribution in [0.4, 0.5) is 0 Å². The first-order chi connectivity index (χ1) is 8.49. The zero-order valence-corrected chi connectivity index (χ0v) is 10.8. The Morgan fingerprint density at radius 3 is 2.89 bits per heavy atom. The largest absolute Gasteiger partial charge is 0.482 e. The molecule has 100 valence electrons. The second-order valence-electron chi connectivity index (χ2n) is 3.91. The number of aliphatic hydroxyl groups is 1. The maximum Gasteiger partial charge on any atom is 0.341 e. The number of ether oxygens (including phenoxy) is 1. The highest BCUT2D eigenvalue weighted by atomic mass is 35.5. The Bertz CT molecular complexity index is 409. The van der Waals surface area contributed by atoms with Crippen LogP contribution in [0.1, 0.15) is 12.5 Å². The molecular weight excluding hydrogens is 258 g/mol. The van der Waals surface area contributed by atoms with E-state index >= 15 is 0 Å². The maximum absolute atomic E-state index is 10.5. The Morgan fingerprint density at radius 1 is 1.56 bits per heavy atom. The first-order valence-corrected chi connectivity index (χ1v) is 5.88. The normalized spacial score (nSPS) is 12.2. The van der Waals surface area contributed by atoms with Crippen LogP contribution < -0.4 is 10.1 Å². The summed E-state index contributed by atoms with van der Waals surface area (Å²) in [6, 6.07) is 4.97. The number of nitrogens with one attached hydrogen (secondary N) is 1. The van der Waals surface area contributed by atoms with Crippen LogP contribution in [0, 0.1) is 0 Å². The molecular formula is C12H16ClNO4. The molecule has 1 aromatic carbocycles. The summed E-state index contributed by atoms with van der Waals surface area (Å²) in [6.45, 7) is 2.16. The van der Waals surface area contributed by atoms with E-state index < -0.39 is 18.7 Å². The van der Waals surface area contributed by atoms with Crippen LogP contribution in [-0.2, 0) is 11.3 Å². The molecule has 0 amide bonds. The number of carbonyl (C=O) groups is 1. The van der Waals surface area contributed by atoms with E-state index in [0.717, 1.165) is 5.56 Å². The van der Waals surface area contributed by atoms with Gasteiger partial charge in [0, 0.05) is 23.7 Å². The summed E-state index contributed by atoms with van der Waals surface area (Å²) in [5.41, 5.74) is 0.754. The first kappa shape index (κ1) is 14.8. The van der Waals surface area contributed by atoms with Crippen molar-refractivity contribution in [2.24, 2.45) is 0 Å². The van der Waals surface area contributed by atoms with Crippen LogP contribution in [0.2, 0.25) is 5.02 Å². The number of rotatable bonds is 7. The average Bonchev–Trinajstić information content (AvgIpc) is 2.27. The Hall–Kier alpha value is -1.30. The van der Waals surface area contributed by atoms with Gasteiger partial charge in [-0.05, 0) is 25.1 Å². The molecule has 1 unspecified atom stereocenters. The zero-order chi connectivity index (χ0) is 13.5. The molecule has 0 aliphatic rings. The van der Waals surface area contributed by atoms with Gasteiger partial charge in [0.05, 0.1) is 6.10 Å². The van der Waals surface area contributed by atoms with Crippen LogP contribution in [0.5, 0.6) is 5.75 Å². The predicted molar refractivity (Wildman–Crippen MR) is 68.0 cm³/mol. The summed E-state index contributed by atoms with van der Waals surface area (Å²) in [4.78, 5) is 10.5. The van der Waals surface area contributed by atoms with Gasteiger partial charge in [0.1, 0.15) is 5.75 Å². The number of aliphatic hydroxyl groups excluding tert-OH is 1. The molecule has 0 saturated carbocycles. The fraction of sp³-hybridized carbons (Fsp3) is 0.417. The van der Waals surface area contributed by atoms with Gasteiger partial charge in [0.15, 0.2) is 6.61 Å². The molecule has 3 N–H and O–H groups in total. The predicted octanol–water partition coefficient (Wildman–Crippen LogP) is 1.27. The molecule has 0 aromatic heterocycles. The van der Waals surface area contributed by atoms with E-state index in [1.807, 2.05) is 0 Å². The summed E-state index contributed by atoms with van der Waals surface area (Å²) < 4.78 is 5.15. The summed E-state index contributed by atoms with van der Waals surface area (Å²) >= 11 is 5.87. The van der Waals surface area contributed by atoms with E-state index in [1.54, 1.807) is 25.1 Å². The molecule has 0 saturated heterocycles. The van der Waals surface area contributed by atoms with Crippen molar-refractivity contribution in [1.29, 1.82) is 0 Å². The molecule has 0 aliphatic heterocycles. The van der Waals surface area contributed by atoms with Crippen LogP contribution in [0.25, 0.3) is 0 Å². The average molecular weight is 274 g/mol. The minimum Gasteiger partial charge on any atom is -0.482 e. The lowest BCUT2D eigenvalue weighted by Gasteiger charge is -2.12. The van der Waals surface area contributed by atoms with Crippen LogP contribution in [0.15, 0.2) is 18.2 Å². The fourth-order valence-corrected chi connectivity index (χ4v) is 1.58. The smallest absolute Gasteiger partial charge is 0.341 e. The van der Waals surface area contributed by atoms with Crippen LogP contribution >= 0.6 is 11.6 Å². The number of halogens is 1. The quantitative estimate of drug-likeness (QED) is 0.697. The highest BCUT2D eigenvalue weighted by Crippen LogP contribution is 2.22. The van der Waals surface area contributed by atoms with Gasteiger partial charge in [-0.25, -0.2) is 4.79 Å². The van der Waals surface area contributed by atoms with Crippen molar-refractivity contribution in [2.75, 3.05) is 13.2 Å². The molecule has 5 nitrogen and oxygen atoms in total. The van der Waals surface area contributed by atoms with Crippen molar-refractivity contribution >= 4 is 17.6 Å². The van der Waals surface area contributed by atoms with Gasteiger partial charge in [0.2, 0.25) is 0 Å². The molecule has 0 radical (unpaired) electrons. The Kier molecular flexibility index (Phi) is 5.91. The number of carboxylic acids is 1. The monoisotopic (exact) mass is 273 g/mol. The molecule has 0 aliphatic carbocycles. The second-order valence-corrected chi connectivity index (χ2v) is 4.35. The number of benzene rings is 1. The second kappa shape index (κ2) is 7.20. The van der Waals surface area contributed by atoms with E-state index in [4.69, 9.17) is 26.6 Å². The van der Waals surface area contributed by atoms with E-state index in [-0.39, 0.29) is 0 Å². The molecule has 1 rings (SSSR count). The summed E-state index contributed by atoms with van der Waals surface area (Å²) in [7, 11) is 0. The van der Waals surface area contributed by atoms with Crippen molar-refractivity contribution < 1.29 is 19.7 Å². The van der Waals surface area contributed by atoms with Gasteiger partial charge in [-0.15, -0.1) is 0 Å². The highest BCUT2D eigenvalue weighted by Gasteiger charge is 2.07. The zero-order valence-electron chi connectivity index (χ0n) is 10.0. The number of hydrogen-bond donors (Lipinski definition) is 3. The lowest BCUT2D eigenvalue weighted by molar-refractivity contribution is -0.139. The van der Waals surface area contributed by atoms with Crippen molar-refractivity contribution in [2.45, 2.75) is 19.6 Å². The Morgan fingerprint density at radius 2 is 2.28 bits per heavy atom. The molecule has 1 atom stereocenters. The number of carboxylic acid groups (broad SMARTS) is 1. The van der Waals surface area contributed by atoms with Gasteiger partial charge in [-0.2, -0.15) is 0 Å². The Labute approximate surface area is 110 Å². The highest BCUT2D eigenvalue weighted by molar-refractivity contribution is 6.30. The SMILES string of the molecule is CC(O)CNCc1cc(Cl)ccc1OCC(=O)O. The molecule has 18 heavy (non-hydrogen) atoms. The molecule has 0 heterocycles. The van der Waals surface area contributed by atoms with E-state index in [1.165, 1.54) is 0 Å². The lowest BCUT2D eigenvalue weighted by atomic mass is 10.2. The third kappa shape index (κ3) is 5.35. The molecule has 0 bridgehead atoms. The molecule has 6 heteroatoms. The number of hydrogen-bond acceptors (Lipinski definition) is 4. The fourth-order valence-electron chi connectivity index (χ4n) is 1.38. The van der Waals surface area contributed by atoms with Gasteiger partial charge in [-0.3, -0.25) is 0 Å². The van der Waals surface area contributed by atoms with E-state index in [2.05, 4.69) is 5.32 Å². The molecule has 0 fully saturated rings. The summed E-state index contributed by atoms with van der Waals surface area (Å²) in [5, 5.41) is 21.3. The van der Waals surface area contributed by atoms with Crippen LogP contribution in [0.3, 0.4) is 0 Å². The van der Waals surface area contributed by atoms with E-state index in [0.29, 0.717) is 23.9 Å². The van der Waals surface area contributed by atoms with Gasteiger partial charge in [0.25, 0.3) is 0 Å². The standard InChI is InChI=1S/C12H16ClNO4/c1-8(15)5-14-6-9-4-10(13)2-3-11(9)18-7-12(16)17/h2-4,8,14-15H,5-7H2,1H3,(H,16,17). The van der Waals surface area contributed by atoms with Crippen molar-refractivity contribution in [3.05, 3.63) is 28.8 Å². The molecule has 0 spiro atoms. The minimum atomic E-state index is -1.03. The lowest BCUT2D eigenvalue weighted by Crippen LogP contribution is -2.24. The van der Waals surface area contributed by atoms with Crippen molar-refractivity contribution in [3.63, 3.8) is 0 Å².